The number of hydrogen-bond donors (Lipinski definition) is 0. The predicted molar refractivity (Wildman–Crippen MR) is 109 cm³/mol. The monoisotopic (exact) mass is 445 g/mol. The molecule has 0 saturated carbocycles. The smallest absolute Gasteiger partial charge is 0.332 e. The molecule has 1 fully saturated rings. The number of amides is 1. The number of nitrogens with zero attached hydrogens (tertiary/aromatic N) is 5. The lowest BCUT2D eigenvalue weighted by atomic mass is 10.1. The molecule has 1 saturated heterocycles. The minimum absolute atomic E-state index is 0.0523. The number of fused-ring (bicyclic) bond motifs is 1. The standard InChI is InChI=1S/C17H24ClN5O5S/c1-10(2)7-22(11-5-6-29(27,28)9-11)12(24)8-23-13-14(19-16(23)18)20(3)17(26)21(4)15(13)25/h10-11H,5-9H2,1-4H3/t11-/m1/s1. The lowest BCUT2D eigenvalue weighted by Gasteiger charge is -2.30. The normalized spacial score (nSPS) is 18.6. The van der Waals surface area contributed by atoms with Crippen molar-refractivity contribution in [1.82, 2.24) is 23.6 Å². The first kappa shape index (κ1) is 21.6. The number of hydrogen-bond acceptors (Lipinski definition) is 6. The van der Waals surface area contributed by atoms with E-state index in [4.69, 9.17) is 11.6 Å². The first-order valence-electron chi connectivity index (χ1n) is 9.24. The van der Waals surface area contributed by atoms with E-state index in [0.29, 0.717) is 13.0 Å². The zero-order valence-electron chi connectivity index (χ0n) is 16.8. The molecule has 0 aliphatic carbocycles. The Labute approximate surface area is 172 Å². The van der Waals surface area contributed by atoms with E-state index in [2.05, 4.69) is 4.98 Å². The van der Waals surface area contributed by atoms with Crippen molar-refractivity contribution >= 4 is 38.5 Å². The number of rotatable bonds is 5. The molecule has 1 aliphatic heterocycles. The molecule has 0 unspecified atom stereocenters. The van der Waals surface area contributed by atoms with Crippen LogP contribution in [-0.2, 0) is 35.3 Å². The Morgan fingerprint density at radius 1 is 1.28 bits per heavy atom. The third-order valence-corrected chi connectivity index (χ3v) is 7.17. The van der Waals surface area contributed by atoms with E-state index in [9.17, 15) is 22.8 Å². The van der Waals surface area contributed by atoms with E-state index in [0.717, 1.165) is 4.57 Å². The summed E-state index contributed by atoms with van der Waals surface area (Å²) < 4.78 is 27.2. The van der Waals surface area contributed by atoms with Crippen LogP contribution < -0.4 is 11.2 Å². The number of carbonyl (C=O) groups is 1. The average Bonchev–Trinajstić information content (AvgIpc) is 3.15. The summed E-state index contributed by atoms with van der Waals surface area (Å²) in [6.45, 7) is 4.00. The summed E-state index contributed by atoms with van der Waals surface area (Å²) in [5, 5.41) is -0.0878. The summed E-state index contributed by atoms with van der Waals surface area (Å²) in [5.41, 5.74) is -1.01. The molecule has 0 bridgehead atoms. The minimum Gasteiger partial charge on any atom is -0.337 e. The Morgan fingerprint density at radius 2 is 1.93 bits per heavy atom. The molecule has 3 rings (SSSR count). The Kier molecular flexibility index (Phi) is 5.65. The van der Waals surface area contributed by atoms with Crippen molar-refractivity contribution in [2.24, 2.45) is 20.0 Å². The van der Waals surface area contributed by atoms with Crippen molar-refractivity contribution in [2.45, 2.75) is 32.9 Å². The third-order valence-electron chi connectivity index (χ3n) is 5.13. The van der Waals surface area contributed by atoms with E-state index >= 15 is 0 Å². The fourth-order valence-corrected chi connectivity index (χ4v) is 5.61. The third kappa shape index (κ3) is 3.97. The highest BCUT2D eigenvalue weighted by Crippen LogP contribution is 2.21. The summed E-state index contributed by atoms with van der Waals surface area (Å²) >= 11 is 6.20. The Morgan fingerprint density at radius 3 is 2.48 bits per heavy atom. The minimum atomic E-state index is -3.17. The van der Waals surface area contributed by atoms with Crippen LogP contribution in [0.15, 0.2) is 9.59 Å². The molecule has 0 radical (unpaired) electrons. The van der Waals surface area contributed by atoms with Crippen LogP contribution in [0.2, 0.25) is 5.28 Å². The second-order valence-corrected chi connectivity index (χ2v) is 10.4. The largest absolute Gasteiger partial charge is 0.337 e. The summed E-state index contributed by atoms with van der Waals surface area (Å²) in [5.74, 6) is -0.235. The van der Waals surface area contributed by atoms with Crippen LogP contribution in [0.25, 0.3) is 11.2 Å². The van der Waals surface area contributed by atoms with Gasteiger partial charge in [0.15, 0.2) is 21.0 Å². The number of imidazole rings is 1. The van der Waals surface area contributed by atoms with Crippen molar-refractivity contribution in [3.05, 3.63) is 26.1 Å². The number of aryl methyl sites for hydroxylation is 1. The van der Waals surface area contributed by atoms with Crippen LogP contribution >= 0.6 is 11.6 Å². The molecule has 12 heteroatoms. The molecule has 2 aromatic rings. The molecule has 1 atom stereocenters. The van der Waals surface area contributed by atoms with Gasteiger partial charge in [0.05, 0.1) is 11.5 Å². The van der Waals surface area contributed by atoms with Gasteiger partial charge in [0, 0.05) is 26.7 Å². The van der Waals surface area contributed by atoms with E-state index < -0.39 is 27.1 Å². The van der Waals surface area contributed by atoms with E-state index in [1.165, 1.54) is 23.2 Å². The van der Waals surface area contributed by atoms with Crippen molar-refractivity contribution < 1.29 is 13.2 Å². The van der Waals surface area contributed by atoms with Gasteiger partial charge >= 0.3 is 5.69 Å². The zero-order valence-corrected chi connectivity index (χ0v) is 18.3. The van der Waals surface area contributed by atoms with Gasteiger partial charge in [-0.2, -0.15) is 4.98 Å². The van der Waals surface area contributed by atoms with Crippen LogP contribution in [0, 0.1) is 5.92 Å². The van der Waals surface area contributed by atoms with Crippen LogP contribution in [0.3, 0.4) is 0 Å². The quantitative estimate of drug-likeness (QED) is 0.586. The second kappa shape index (κ2) is 7.60. The molecule has 0 aromatic carbocycles. The highest BCUT2D eigenvalue weighted by Gasteiger charge is 2.35. The highest BCUT2D eigenvalue weighted by molar-refractivity contribution is 7.91. The molecule has 3 heterocycles. The van der Waals surface area contributed by atoms with Gasteiger partial charge < -0.3 is 4.90 Å². The van der Waals surface area contributed by atoms with Crippen LogP contribution in [0.1, 0.15) is 20.3 Å². The molecule has 29 heavy (non-hydrogen) atoms. The van der Waals surface area contributed by atoms with Crippen LogP contribution in [0.4, 0.5) is 0 Å². The molecule has 1 aliphatic rings. The molecular weight excluding hydrogens is 422 g/mol. The van der Waals surface area contributed by atoms with Gasteiger partial charge in [-0.1, -0.05) is 13.8 Å². The number of carbonyl (C=O) groups excluding carboxylic acids is 1. The van der Waals surface area contributed by atoms with Gasteiger partial charge in [-0.05, 0) is 23.9 Å². The molecule has 0 N–H and O–H groups in total. The van der Waals surface area contributed by atoms with Gasteiger partial charge in [0.25, 0.3) is 5.56 Å². The van der Waals surface area contributed by atoms with E-state index in [1.807, 2.05) is 13.8 Å². The summed E-state index contributed by atoms with van der Waals surface area (Å²) in [6, 6.07) is -0.407. The maximum Gasteiger partial charge on any atom is 0.332 e. The molecule has 2 aromatic heterocycles. The SMILES string of the molecule is CC(C)CN(C(=O)Cn1c(Cl)nc2c1c(=O)n(C)c(=O)n2C)[C@@H]1CCS(=O)(=O)C1. The maximum atomic E-state index is 13.1. The first-order valence-corrected chi connectivity index (χ1v) is 11.4. The van der Waals surface area contributed by atoms with Crippen molar-refractivity contribution in [3.8, 4) is 0 Å². The summed E-state index contributed by atoms with van der Waals surface area (Å²) in [7, 11) is -0.363. The number of aromatic nitrogens is 4. The lowest BCUT2D eigenvalue weighted by Crippen LogP contribution is -2.45. The first-order chi connectivity index (χ1) is 13.4. The maximum absolute atomic E-state index is 13.1. The summed E-state index contributed by atoms with van der Waals surface area (Å²) in [4.78, 5) is 43.5. The zero-order chi connectivity index (χ0) is 21.7. The van der Waals surface area contributed by atoms with Gasteiger partial charge in [-0.25, -0.2) is 13.2 Å². The van der Waals surface area contributed by atoms with Crippen LogP contribution in [0.5, 0.6) is 0 Å². The summed E-state index contributed by atoms with van der Waals surface area (Å²) in [6.07, 6.45) is 0.384. The average molecular weight is 446 g/mol. The predicted octanol–water partition coefficient (Wildman–Crippen LogP) is -0.241. The van der Waals surface area contributed by atoms with Crippen molar-refractivity contribution in [1.29, 1.82) is 0 Å². The molecule has 160 valence electrons. The molecule has 1 amide bonds. The van der Waals surface area contributed by atoms with Crippen LogP contribution in [-0.4, -0.2) is 62.0 Å². The van der Waals surface area contributed by atoms with Gasteiger partial charge in [-0.15, -0.1) is 0 Å². The Hall–Kier alpha value is -2.14. The number of sulfone groups is 1. The van der Waals surface area contributed by atoms with Gasteiger partial charge in [-0.3, -0.25) is 23.3 Å². The van der Waals surface area contributed by atoms with Gasteiger partial charge in [0.2, 0.25) is 11.2 Å². The van der Waals surface area contributed by atoms with Gasteiger partial charge in [0.1, 0.15) is 6.54 Å². The molecular formula is C17H24ClN5O5S. The topological polar surface area (TPSA) is 116 Å². The second-order valence-electron chi connectivity index (χ2n) is 7.84. The fourth-order valence-electron chi connectivity index (χ4n) is 3.66. The lowest BCUT2D eigenvalue weighted by molar-refractivity contribution is -0.134. The highest BCUT2D eigenvalue weighted by atomic mass is 35.5. The number of halogens is 1. The van der Waals surface area contributed by atoms with Crippen molar-refractivity contribution in [3.63, 3.8) is 0 Å². The molecule has 0 spiro atoms. The van der Waals surface area contributed by atoms with Crippen molar-refractivity contribution in [2.75, 3.05) is 18.1 Å². The Bertz CT molecular complexity index is 1190. The fraction of sp³-hybridized carbons (Fsp3) is 0.647. The Balaban J connectivity index is 2.02. The van der Waals surface area contributed by atoms with E-state index in [-0.39, 0.29) is 46.3 Å². The van der Waals surface area contributed by atoms with E-state index in [1.54, 1.807) is 4.90 Å². The molecule has 10 nitrogen and oxygen atoms in total.